The molecule has 3 nitrogen and oxygen atoms in total. The molecular formula is C18H21NO2. The number of rotatable bonds is 2. The Morgan fingerprint density at radius 2 is 2.00 bits per heavy atom. The Hall–Kier alpha value is -1.61. The van der Waals surface area contributed by atoms with Gasteiger partial charge in [0.2, 0.25) is 0 Å². The molecule has 1 saturated carbocycles. The highest BCUT2D eigenvalue weighted by Gasteiger charge is 2.47. The van der Waals surface area contributed by atoms with Crippen LogP contribution in [-0.2, 0) is 4.79 Å². The monoisotopic (exact) mass is 283 g/mol. The molecule has 3 aliphatic rings. The van der Waals surface area contributed by atoms with Crippen molar-refractivity contribution in [1.82, 2.24) is 4.90 Å². The van der Waals surface area contributed by atoms with Gasteiger partial charge in [0.05, 0.1) is 19.2 Å². The first-order valence-corrected chi connectivity index (χ1v) is 7.97. The number of nitrogens with zero attached hydrogens (tertiary/aromatic N) is 1. The fourth-order valence-electron chi connectivity index (χ4n) is 4.35. The van der Waals surface area contributed by atoms with Gasteiger partial charge in [-0.15, -0.1) is 0 Å². The lowest BCUT2D eigenvalue weighted by atomic mass is 9.91. The molecule has 0 amide bonds. The van der Waals surface area contributed by atoms with E-state index >= 15 is 0 Å². The Bertz CT molecular complexity index is 601. The smallest absolute Gasteiger partial charge is 0.177 e. The summed E-state index contributed by atoms with van der Waals surface area (Å²) in [4.78, 5) is 15.0. The molecule has 2 bridgehead atoms. The molecule has 0 unspecified atom stereocenters. The first-order valence-electron chi connectivity index (χ1n) is 7.97. The molecule has 2 heterocycles. The Kier molecular flexibility index (Phi) is 3.11. The van der Waals surface area contributed by atoms with Gasteiger partial charge in [0.1, 0.15) is 5.75 Å². The quantitative estimate of drug-likeness (QED) is 0.831. The lowest BCUT2D eigenvalue weighted by Crippen LogP contribution is -2.41. The van der Waals surface area contributed by atoms with Crippen LogP contribution in [0, 0.1) is 0 Å². The van der Waals surface area contributed by atoms with Gasteiger partial charge in [-0.05, 0) is 30.5 Å². The minimum atomic E-state index is -0.0896. The molecule has 2 aliphatic heterocycles. The van der Waals surface area contributed by atoms with E-state index in [0.717, 1.165) is 11.3 Å². The van der Waals surface area contributed by atoms with Crippen LogP contribution in [0.25, 0.3) is 0 Å². The van der Waals surface area contributed by atoms with E-state index < -0.39 is 0 Å². The number of benzene rings is 1. The Morgan fingerprint density at radius 3 is 2.76 bits per heavy atom. The zero-order chi connectivity index (χ0) is 14.4. The summed E-state index contributed by atoms with van der Waals surface area (Å²) < 4.78 is 5.56. The summed E-state index contributed by atoms with van der Waals surface area (Å²) in [6, 6.07) is 6.76. The Morgan fingerprint density at radius 1 is 1.19 bits per heavy atom. The molecule has 110 valence electrons. The Balaban J connectivity index is 1.81. The van der Waals surface area contributed by atoms with Crippen molar-refractivity contribution in [2.24, 2.45) is 0 Å². The summed E-state index contributed by atoms with van der Waals surface area (Å²) in [5, 5.41) is 0. The number of ketones is 1. The van der Waals surface area contributed by atoms with Crippen LogP contribution in [0.15, 0.2) is 30.4 Å². The van der Waals surface area contributed by atoms with Crippen molar-refractivity contribution in [3.63, 3.8) is 0 Å². The number of hydrogen-bond donors (Lipinski definition) is 0. The molecule has 0 radical (unpaired) electrons. The van der Waals surface area contributed by atoms with Crippen molar-refractivity contribution in [1.29, 1.82) is 0 Å². The third-order valence-electron chi connectivity index (χ3n) is 5.24. The van der Waals surface area contributed by atoms with Gasteiger partial charge in [0, 0.05) is 11.6 Å². The van der Waals surface area contributed by atoms with Crippen LogP contribution in [0.2, 0.25) is 0 Å². The minimum absolute atomic E-state index is 0.0896. The molecule has 3 heteroatoms. The van der Waals surface area contributed by atoms with Gasteiger partial charge in [-0.2, -0.15) is 0 Å². The largest absolute Gasteiger partial charge is 0.496 e. The summed E-state index contributed by atoms with van der Waals surface area (Å²) in [6.45, 7) is 0. The van der Waals surface area contributed by atoms with Crippen molar-refractivity contribution in [3.05, 3.63) is 41.5 Å². The minimum Gasteiger partial charge on any atom is -0.496 e. The molecule has 0 N–H and O–H groups in total. The van der Waals surface area contributed by atoms with E-state index in [9.17, 15) is 4.79 Å². The van der Waals surface area contributed by atoms with Crippen LogP contribution in [-0.4, -0.2) is 23.8 Å². The first kappa shape index (κ1) is 13.1. The molecular weight excluding hydrogens is 262 g/mol. The van der Waals surface area contributed by atoms with Crippen LogP contribution in [0.5, 0.6) is 5.75 Å². The highest BCUT2D eigenvalue weighted by atomic mass is 16.5. The Labute approximate surface area is 125 Å². The van der Waals surface area contributed by atoms with E-state index in [-0.39, 0.29) is 17.9 Å². The number of carbonyl (C=O) groups is 1. The number of ether oxygens (including phenoxy) is 1. The highest BCUT2D eigenvalue weighted by Crippen LogP contribution is 2.52. The van der Waals surface area contributed by atoms with Gasteiger partial charge >= 0.3 is 0 Å². The van der Waals surface area contributed by atoms with Gasteiger partial charge in [-0.3, -0.25) is 9.69 Å². The second-order valence-electron chi connectivity index (χ2n) is 6.31. The summed E-state index contributed by atoms with van der Waals surface area (Å²) >= 11 is 0. The molecule has 1 aromatic rings. The second-order valence-corrected chi connectivity index (χ2v) is 6.31. The topological polar surface area (TPSA) is 29.5 Å². The van der Waals surface area contributed by atoms with Crippen LogP contribution < -0.4 is 4.74 Å². The summed E-state index contributed by atoms with van der Waals surface area (Å²) in [6.07, 6.45) is 10.2. The number of fused-ring (bicyclic) bond motifs is 5. The lowest BCUT2D eigenvalue weighted by molar-refractivity contribution is -0.122. The number of carbonyl (C=O) groups excluding carboxylic acids is 1. The maximum absolute atomic E-state index is 12.5. The molecule has 0 spiro atoms. The van der Waals surface area contributed by atoms with Crippen molar-refractivity contribution >= 4 is 5.78 Å². The van der Waals surface area contributed by atoms with Crippen molar-refractivity contribution in [2.75, 3.05) is 7.11 Å². The van der Waals surface area contributed by atoms with Crippen LogP contribution in [0.1, 0.15) is 55.3 Å². The number of methoxy groups -OCH3 is 1. The van der Waals surface area contributed by atoms with Crippen molar-refractivity contribution in [2.45, 2.75) is 50.2 Å². The number of hydrogen-bond acceptors (Lipinski definition) is 3. The maximum Gasteiger partial charge on any atom is 0.177 e. The molecule has 1 aromatic carbocycles. The van der Waals surface area contributed by atoms with Crippen molar-refractivity contribution in [3.8, 4) is 5.75 Å². The van der Waals surface area contributed by atoms with E-state index in [2.05, 4.69) is 17.0 Å². The zero-order valence-corrected chi connectivity index (χ0v) is 12.4. The van der Waals surface area contributed by atoms with E-state index in [0.29, 0.717) is 6.04 Å². The van der Waals surface area contributed by atoms with Crippen LogP contribution in [0.4, 0.5) is 0 Å². The third-order valence-corrected chi connectivity index (χ3v) is 5.24. The highest BCUT2D eigenvalue weighted by molar-refractivity contribution is 5.98. The zero-order valence-electron chi connectivity index (χ0n) is 12.4. The fourth-order valence-corrected chi connectivity index (χ4v) is 4.35. The van der Waals surface area contributed by atoms with Crippen molar-refractivity contribution < 1.29 is 9.53 Å². The molecule has 4 rings (SSSR count). The lowest BCUT2D eigenvalue weighted by Gasteiger charge is -2.39. The molecule has 2 atom stereocenters. The van der Waals surface area contributed by atoms with E-state index in [1.807, 2.05) is 12.1 Å². The molecule has 0 saturated heterocycles. The predicted molar refractivity (Wildman–Crippen MR) is 81.3 cm³/mol. The van der Waals surface area contributed by atoms with Crippen LogP contribution in [0.3, 0.4) is 0 Å². The van der Waals surface area contributed by atoms with Gasteiger partial charge in [-0.25, -0.2) is 0 Å². The molecule has 1 fully saturated rings. The third kappa shape index (κ3) is 1.87. The molecule has 0 aromatic heterocycles. The van der Waals surface area contributed by atoms with E-state index in [4.69, 9.17) is 4.74 Å². The van der Waals surface area contributed by atoms with Gasteiger partial charge < -0.3 is 4.74 Å². The molecule has 21 heavy (non-hydrogen) atoms. The summed E-state index contributed by atoms with van der Waals surface area (Å²) in [5.74, 6) is 1.14. The average Bonchev–Trinajstić information content (AvgIpc) is 2.80. The second kappa shape index (κ2) is 4.99. The van der Waals surface area contributed by atoms with Gasteiger partial charge in [0.15, 0.2) is 5.78 Å². The SMILES string of the molecule is COc1cccc2c1[C@@H]1C=CC(=O)[C@H]2N1C1CCCCC1. The van der Waals surface area contributed by atoms with E-state index in [1.165, 1.54) is 37.7 Å². The van der Waals surface area contributed by atoms with Crippen LogP contribution >= 0.6 is 0 Å². The molecule has 1 aliphatic carbocycles. The standard InChI is InChI=1S/C18H21NO2/c1-21-16-9-5-8-13-17(16)14-10-11-15(20)18(13)19(14)12-6-3-2-4-7-12/h5,8-12,14,18H,2-4,6-7H2,1H3/t14-,18-/m0/s1. The summed E-state index contributed by atoms with van der Waals surface area (Å²) in [5.41, 5.74) is 2.36. The predicted octanol–water partition coefficient (Wildman–Crippen LogP) is 3.56. The van der Waals surface area contributed by atoms with Gasteiger partial charge in [-0.1, -0.05) is 37.5 Å². The average molecular weight is 283 g/mol. The fraction of sp³-hybridized carbons (Fsp3) is 0.500. The van der Waals surface area contributed by atoms with Gasteiger partial charge in [0.25, 0.3) is 0 Å². The normalized spacial score (nSPS) is 28.7. The van der Waals surface area contributed by atoms with E-state index in [1.54, 1.807) is 13.2 Å². The maximum atomic E-state index is 12.5. The summed E-state index contributed by atoms with van der Waals surface area (Å²) in [7, 11) is 1.72. The first-order chi connectivity index (χ1) is 10.3.